The lowest BCUT2D eigenvalue weighted by Gasteiger charge is -2.12. The van der Waals surface area contributed by atoms with Crippen molar-refractivity contribution in [2.24, 2.45) is 0 Å². The van der Waals surface area contributed by atoms with Gasteiger partial charge in [0.2, 0.25) is 0 Å². The second kappa shape index (κ2) is 5.59. The van der Waals surface area contributed by atoms with E-state index in [9.17, 15) is 0 Å². The smallest absolute Gasteiger partial charge is 0.164 e. The lowest BCUT2D eigenvalue weighted by atomic mass is 10.3. The molecule has 1 atom stereocenters. The Bertz CT molecular complexity index is 827. The number of fused-ring (bicyclic) bond motifs is 1. The summed E-state index contributed by atoms with van der Waals surface area (Å²) in [5.74, 6) is 0.757. The molecule has 0 N–H and O–H groups in total. The third-order valence-corrected chi connectivity index (χ3v) is 4.23. The zero-order valence-corrected chi connectivity index (χ0v) is 14.5. The van der Waals surface area contributed by atoms with E-state index in [0.29, 0.717) is 5.02 Å². The van der Waals surface area contributed by atoms with Crippen LogP contribution in [0.5, 0.6) is 0 Å². The molecule has 1 unspecified atom stereocenters. The van der Waals surface area contributed by atoms with Crippen LogP contribution in [-0.4, -0.2) is 14.5 Å². The Balaban J connectivity index is 2.36. The second-order valence-electron chi connectivity index (χ2n) is 4.87. The van der Waals surface area contributed by atoms with Gasteiger partial charge in [-0.15, -0.1) is 11.6 Å². The predicted octanol–water partition coefficient (Wildman–Crippen LogP) is 5.44. The summed E-state index contributed by atoms with van der Waals surface area (Å²) in [4.78, 5) is 9.14. The summed E-state index contributed by atoms with van der Waals surface area (Å²) in [6.45, 7) is 3.89. The number of nitrogens with zero attached hydrogens (tertiary/aromatic N) is 3. The van der Waals surface area contributed by atoms with Crippen LogP contribution < -0.4 is 0 Å². The molecule has 108 valence electrons. The van der Waals surface area contributed by atoms with E-state index >= 15 is 0 Å². The van der Waals surface area contributed by atoms with Crippen LogP contribution in [0.15, 0.2) is 34.9 Å². The Hall–Kier alpha value is -1.10. The molecule has 0 saturated heterocycles. The van der Waals surface area contributed by atoms with E-state index in [2.05, 4.69) is 25.9 Å². The molecule has 6 heteroatoms. The number of imidazole rings is 1. The second-order valence-corrected chi connectivity index (χ2v) is 6.82. The summed E-state index contributed by atoms with van der Waals surface area (Å²) in [6, 6.07) is 7.62. The van der Waals surface area contributed by atoms with E-state index in [1.165, 1.54) is 0 Å². The SMILES string of the molecule is Cc1cnc2c(c1)nc(C(C)Cl)n2-c1ccc(Cl)cc1Br. The Labute approximate surface area is 141 Å². The molecule has 0 spiro atoms. The number of benzene rings is 1. The van der Waals surface area contributed by atoms with Crippen molar-refractivity contribution < 1.29 is 0 Å². The van der Waals surface area contributed by atoms with Gasteiger partial charge >= 0.3 is 0 Å². The fraction of sp³-hybridized carbons (Fsp3) is 0.200. The molecule has 3 nitrogen and oxygen atoms in total. The van der Waals surface area contributed by atoms with Gasteiger partial charge in [-0.25, -0.2) is 9.97 Å². The zero-order chi connectivity index (χ0) is 15.1. The number of alkyl halides is 1. The summed E-state index contributed by atoms with van der Waals surface area (Å²) >= 11 is 15.9. The van der Waals surface area contributed by atoms with Gasteiger partial charge in [-0.1, -0.05) is 11.6 Å². The minimum atomic E-state index is -0.234. The van der Waals surface area contributed by atoms with Crippen molar-refractivity contribution in [3.05, 3.63) is 51.3 Å². The highest BCUT2D eigenvalue weighted by molar-refractivity contribution is 9.10. The molecule has 0 aliphatic carbocycles. The van der Waals surface area contributed by atoms with E-state index in [0.717, 1.165) is 32.7 Å². The van der Waals surface area contributed by atoms with Gasteiger partial charge in [0.25, 0.3) is 0 Å². The monoisotopic (exact) mass is 383 g/mol. The van der Waals surface area contributed by atoms with Gasteiger partial charge in [0.15, 0.2) is 5.65 Å². The first-order valence-electron chi connectivity index (χ1n) is 6.42. The first-order valence-corrected chi connectivity index (χ1v) is 8.02. The van der Waals surface area contributed by atoms with Crippen molar-refractivity contribution in [1.29, 1.82) is 0 Å². The van der Waals surface area contributed by atoms with Gasteiger partial charge in [-0.3, -0.25) is 4.57 Å². The van der Waals surface area contributed by atoms with Gasteiger partial charge in [0.05, 0.1) is 11.1 Å². The van der Waals surface area contributed by atoms with Crippen molar-refractivity contribution in [2.75, 3.05) is 0 Å². The van der Waals surface area contributed by atoms with Crippen LogP contribution in [0.25, 0.3) is 16.9 Å². The number of pyridine rings is 1. The number of hydrogen-bond acceptors (Lipinski definition) is 2. The fourth-order valence-corrected chi connectivity index (χ4v) is 3.26. The topological polar surface area (TPSA) is 30.7 Å². The molecule has 0 radical (unpaired) electrons. The molecule has 2 aromatic heterocycles. The normalized spacial score (nSPS) is 12.8. The Morgan fingerprint density at radius 2 is 2.05 bits per heavy atom. The van der Waals surface area contributed by atoms with Gasteiger partial charge in [-0.2, -0.15) is 0 Å². The van der Waals surface area contributed by atoms with E-state index in [1.807, 2.05) is 48.9 Å². The lowest BCUT2D eigenvalue weighted by Crippen LogP contribution is -2.03. The van der Waals surface area contributed by atoms with E-state index < -0.39 is 0 Å². The molecule has 2 heterocycles. The predicted molar refractivity (Wildman–Crippen MR) is 90.6 cm³/mol. The summed E-state index contributed by atoms with van der Waals surface area (Å²) in [5, 5.41) is 0.432. The Morgan fingerprint density at radius 1 is 1.29 bits per heavy atom. The molecule has 0 bridgehead atoms. The van der Waals surface area contributed by atoms with E-state index in [-0.39, 0.29) is 5.38 Å². The van der Waals surface area contributed by atoms with Crippen LogP contribution in [0.2, 0.25) is 5.02 Å². The summed E-state index contributed by atoms with van der Waals surface area (Å²) in [7, 11) is 0. The molecule has 21 heavy (non-hydrogen) atoms. The molecular weight excluding hydrogens is 373 g/mol. The summed E-state index contributed by atoms with van der Waals surface area (Å²) < 4.78 is 2.84. The number of hydrogen-bond donors (Lipinski definition) is 0. The largest absolute Gasteiger partial charge is 0.278 e. The molecule has 3 rings (SSSR count). The van der Waals surface area contributed by atoms with Crippen molar-refractivity contribution in [3.8, 4) is 5.69 Å². The number of aryl methyl sites for hydroxylation is 1. The van der Waals surface area contributed by atoms with Crippen molar-refractivity contribution >= 4 is 50.3 Å². The molecule has 0 aliphatic rings. The highest BCUT2D eigenvalue weighted by Crippen LogP contribution is 2.32. The quantitative estimate of drug-likeness (QED) is 0.550. The maximum atomic E-state index is 6.30. The molecular formula is C15H12BrCl2N3. The number of aromatic nitrogens is 3. The average molecular weight is 385 g/mol. The van der Waals surface area contributed by atoms with Crippen LogP contribution in [0.3, 0.4) is 0 Å². The molecule has 0 amide bonds. The van der Waals surface area contributed by atoms with E-state index in [4.69, 9.17) is 23.2 Å². The lowest BCUT2D eigenvalue weighted by molar-refractivity contribution is 0.874. The molecule has 0 fully saturated rings. The van der Waals surface area contributed by atoms with Crippen LogP contribution >= 0.6 is 39.1 Å². The van der Waals surface area contributed by atoms with Gasteiger partial charge in [0.1, 0.15) is 11.3 Å². The number of halogens is 3. The molecule has 0 saturated carbocycles. The van der Waals surface area contributed by atoms with Gasteiger partial charge in [-0.05, 0) is 59.6 Å². The maximum absolute atomic E-state index is 6.30. The van der Waals surface area contributed by atoms with Crippen molar-refractivity contribution in [1.82, 2.24) is 14.5 Å². The summed E-state index contributed by atoms with van der Waals surface area (Å²) in [5.41, 5.74) is 3.60. The fourth-order valence-electron chi connectivity index (χ4n) is 2.25. The third-order valence-electron chi connectivity index (χ3n) is 3.17. The van der Waals surface area contributed by atoms with E-state index in [1.54, 1.807) is 0 Å². The molecule has 3 aromatic rings. The van der Waals surface area contributed by atoms with Crippen LogP contribution in [0.1, 0.15) is 23.7 Å². The highest BCUT2D eigenvalue weighted by atomic mass is 79.9. The van der Waals surface area contributed by atoms with Crippen LogP contribution in [0.4, 0.5) is 0 Å². The van der Waals surface area contributed by atoms with Crippen LogP contribution in [-0.2, 0) is 0 Å². The van der Waals surface area contributed by atoms with Gasteiger partial charge < -0.3 is 0 Å². The zero-order valence-electron chi connectivity index (χ0n) is 11.4. The molecule has 0 aliphatic heterocycles. The third kappa shape index (κ3) is 2.68. The number of rotatable bonds is 2. The van der Waals surface area contributed by atoms with Crippen molar-refractivity contribution in [2.45, 2.75) is 19.2 Å². The average Bonchev–Trinajstić information content (AvgIpc) is 2.77. The summed E-state index contributed by atoms with van der Waals surface area (Å²) in [6.07, 6.45) is 1.83. The van der Waals surface area contributed by atoms with Crippen molar-refractivity contribution in [3.63, 3.8) is 0 Å². The first-order chi connectivity index (χ1) is 9.97. The minimum Gasteiger partial charge on any atom is -0.278 e. The minimum absolute atomic E-state index is 0.234. The first kappa shape index (κ1) is 14.8. The van der Waals surface area contributed by atoms with Crippen LogP contribution in [0, 0.1) is 6.92 Å². The Kier molecular flexibility index (Phi) is 3.95. The standard InChI is InChI=1S/C15H12BrCl2N3/c1-8-5-12-15(19-7-8)21(14(20-12)9(2)17)13-4-3-10(18)6-11(13)16/h3-7,9H,1-2H3. The highest BCUT2D eigenvalue weighted by Gasteiger charge is 2.19. The molecule has 1 aromatic carbocycles. The Morgan fingerprint density at radius 3 is 2.71 bits per heavy atom. The maximum Gasteiger partial charge on any atom is 0.164 e. The van der Waals surface area contributed by atoms with Gasteiger partial charge in [0, 0.05) is 15.7 Å².